The van der Waals surface area contributed by atoms with Crippen molar-refractivity contribution in [1.82, 2.24) is 14.8 Å². The number of nitrogens with one attached hydrogen (secondary N) is 1. The van der Waals surface area contributed by atoms with E-state index < -0.39 is 0 Å². The summed E-state index contributed by atoms with van der Waals surface area (Å²) < 4.78 is 2.45. The zero-order valence-electron chi connectivity index (χ0n) is 16.9. The molecule has 1 amide bonds. The van der Waals surface area contributed by atoms with Crippen molar-refractivity contribution in [3.63, 3.8) is 0 Å². The lowest BCUT2D eigenvalue weighted by Gasteiger charge is -2.31. The number of benzene rings is 2. The van der Waals surface area contributed by atoms with Crippen LogP contribution in [0.3, 0.4) is 0 Å². The lowest BCUT2D eigenvalue weighted by Crippen LogP contribution is -2.41. The number of fused-ring (bicyclic) bond motifs is 1. The standard InChI is InChI=1S/C25H29N3O/c29-25(26-22-10-11-22)20-12-14-27(15-13-20)18-23-16-21-8-4-5-9-24(21)28(23)17-19-6-2-1-3-7-19/h1-9,16,20,22H,10-15,17-18H2,(H,26,29). The quantitative estimate of drug-likeness (QED) is 0.689. The molecule has 29 heavy (non-hydrogen) atoms. The smallest absolute Gasteiger partial charge is 0.223 e. The van der Waals surface area contributed by atoms with Gasteiger partial charge in [0.2, 0.25) is 5.91 Å². The normalized spacial score (nSPS) is 18.2. The molecule has 3 aromatic rings. The van der Waals surface area contributed by atoms with E-state index in [0.29, 0.717) is 6.04 Å². The molecule has 1 saturated carbocycles. The number of carbonyl (C=O) groups is 1. The Morgan fingerprint density at radius 2 is 1.62 bits per heavy atom. The summed E-state index contributed by atoms with van der Waals surface area (Å²) in [5.74, 6) is 0.479. The number of amides is 1. The lowest BCUT2D eigenvalue weighted by molar-refractivity contribution is -0.126. The highest BCUT2D eigenvalue weighted by atomic mass is 16.2. The van der Waals surface area contributed by atoms with E-state index >= 15 is 0 Å². The monoisotopic (exact) mass is 387 g/mol. The van der Waals surface area contributed by atoms with Crippen molar-refractivity contribution in [1.29, 1.82) is 0 Å². The van der Waals surface area contributed by atoms with Crippen LogP contribution in [0, 0.1) is 5.92 Å². The molecule has 2 fully saturated rings. The van der Waals surface area contributed by atoms with Crippen LogP contribution in [0.4, 0.5) is 0 Å². The van der Waals surface area contributed by atoms with Crippen LogP contribution in [0.1, 0.15) is 36.9 Å². The predicted octanol–water partition coefficient (Wildman–Crippen LogP) is 4.18. The molecule has 1 N–H and O–H groups in total. The Morgan fingerprint density at radius 1 is 0.897 bits per heavy atom. The van der Waals surface area contributed by atoms with Gasteiger partial charge in [0.1, 0.15) is 0 Å². The number of carbonyl (C=O) groups excluding carboxylic acids is 1. The maximum atomic E-state index is 12.4. The minimum absolute atomic E-state index is 0.196. The molecule has 2 heterocycles. The average molecular weight is 388 g/mol. The van der Waals surface area contributed by atoms with E-state index in [9.17, 15) is 4.79 Å². The molecule has 0 bridgehead atoms. The summed E-state index contributed by atoms with van der Waals surface area (Å²) in [7, 11) is 0. The molecule has 4 nitrogen and oxygen atoms in total. The summed E-state index contributed by atoms with van der Waals surface area (Å²) in [6.45, 7) is 3.83. The molecule has 1 aromatic heterocycles. The zero-order chi connectivity index (χ0) is 19.6. The fourth-order valence-electron chi connectivity index (χ4n) is 4.48. The molecule has 4 heteroatoms. The van der Waals surface area contributed by atoms with Gasteiger partial charge in [-0.15, -0.1) is 0 Å². The van der Waals surface area contributed by atoms with Crippen LogP contribution < -0.4 is 5.32 Å². The third-order valence-electron chi connectivity index (χ3n) is 6.35. The molecule has 1 aliphatic carbocycles. The van der Waals surface area contributed by atoms with Gasteiger partial charge in [0.05, 0.1) is 0 Å². The Kier molecular flexibility index (Phi) is 5.11. The molecule has 2 aromatic carbocycles. The van der Waals surface area contributed by atoms with Gasteiger partial charge in [0.15, 0.2) is 0 Å². The van der Waals surface area contributed by atoms with E-state index in [1.165, 1.54) is 22.2 Å². The Labute approximate surface area is 172 Å². The number of para-hydroxylation sites is 1. The third-order valence-corrected chi connectivity index (χ3v) is 6.35. The first-order chi connectivity index (χ1) is 14.3. The molecule has 1 saturated heterocycles. The first kappa shape index (κ1) is 18.4. The van der Waals surface area contributed by atoms with Crippen molar-refractivity contribution >= 4 is 16.8 Å². The molecule has 0 radical (unpaired) electrons. The number of likely N-dealkylation sites (tertiary alicyclic amines) is 1. The van der Waals surface area contributed by atoms with Crippen LogP contribution in [0.15, 0.2) is 60.7 Å². The van der Waals surface area contributed by atoms with Crippen LogP contribution in [0.2, 0.25) is 0 Å². The van der Waals surface area contributed by atoms with Gasteiger partial charge >= 0.3 is 0 Å². The number of aromatic nitrogens is 1. The highest BCUT2D eigenvalue weighted by Crippen LogP contribution is 2.26. The van der Waals surface area contributed by atoms with Crippen molar-refractivity contribution in [2.24, 2.45) is 5.92 Å². The van der Waals surface area contributed by atoms with Crippen molar-refractivity contribution in [2.45, 2.75) is 44.8 Å². The molecule has 5 rings (SSSR count). The first-order valence-electron chi connectivity index (χ1n) is 10.9. The van der Waals surface area contributed by atoms with Crippen molar-refractivity contribution in [2.75, 3.05) is 13.1 Å². The molecular weight excluding hydrogens is 358 g/mol. The van der Waals surface area contributed by atoms with Gasteiger partial charge in [-0.05, 0) is 61.9 Å². The average Bonchev–Trinajstić information content (AvgIpc) is 3.51. The Bertz CT molecular complexity index is 982. The van der Waals surface area contributed by atoms with E-state index in [1.54, 1.807) is 0 Å². The van der Waals surface area contributed by atoms with Crippen LogP contribution in [0.5, 0.6) is 0 Å². The van der Waals surface area contributed by atoms with Gasteiger partial charge in [-0.3, -0.25) is 9.69 Å². The lowest BCUT2D eigenvalue weighted by atomic mass is 9.96. The fourth-order valence-corrected chi connectivity index (χ4v) is 4.48. The predicted molar refractivity (Wildman–Crippen MR) is 117 cm³/mol. The summed E-state index contributed by atoms with van der Waals surface area (Å²) in [6, 6.07) is 22.1. The molecule has 0 atom stereocenters. The second-order valence-corrected chi connectivity index (χ2v) is 8.60. The molecular formula is C25H29N3O. The highest BCUT2D eigenvalue weighted by Gasteiger charge is 2.30. The van der Waals surface area contributed by atoms with E-state index in [0.717, 1.165) is 51.9 Å². The zero-order valence-corrected chi connectivity index (χ0v) is 16.9. The highest BCUT2D eigenvalue weighted by molar-refractivity contribution is 5.81. The second kappa shape index (κ2) is 8.03. The molecule has 0 spiro atoms. The van der Waals surface area contributed by atoms with Gasteiger partial charge in [0, 0.05) is 36.3 Å². The summed E-state index contributed by atoms with van der Waals surface area (Å²) in [6.07, 6.45) is 4.27. The molecule has 150 valence electrons. The summed E-state index contributed by atoms with van der Waals surface area (Å²) in [4.78, 5) is 14.9. The van der Waals surface area contributed by atoms with E-state index in [4.69, 9.17) is 0 Å². The van der Waals surface area contributed by atoms with Crippen LogP contribution >= 0.6 is 0 Å². The van der Waals surface area contributed by atoms with E-state index in [-0.39, 0.29) is 11.8 Å². The minimum atomic E-state index is 0.196. The van der Waals surface area contributed by atoms with Crippen molar-refractivity contribution < 1.29 is 4.79 Å². The number of piperidine rings is 1. The summed E-state index contributed by atoms with van der Waals surface area (Å²) in [5, 5.41) is 4.48. The maximum absolute atomic E-state index is 12.4. The van der Waals surface area contributed by atoms with Gasteiger partial charge in [-0.25, -0.2) is 0 Å². The van der Waals surface area contributed by atoms with E-state index in [2.05, 4.69) is 75.4 Å². The largest absolute Gasteiger partial charge is 0.353 e. The van der Waals surface area contributed by atoms with Gasteiger partial charge < -0.3 is 9.88 Å². The number of nitrogens with zero attached hydrogens (tertiary/aromatic N) is 2. The maximum Gasteiger partial charge on any atom is 0.223 e. The first-order valence-corrected chi connectivity index (χ1v) is 10.9. The van der Waals surface area contributed by atoms with Crippen molar-refractivity contribution in [3.05, 3.63) is 71.9 Å². The van der Waals surface area contributed by atoms with Crippen LogP contribution in [-0.4, -0.2) is 34.5 Å². The SMILES string of the molecule is O=C(NC1CC1)C1CCN(Cc2cc3ccccc3n2Cc2ccccc2)CC1. The number of rotatable bonds is 6. The fraction of sp³-hybridized carbons (Fsp3) is 0.400. The van der Waals surface area contributed by atoms with E-state index in [1.807, 2.05) is 0 Å². The number of hydrogen-bond acceptors (Lipinski definition) is 2. The Morgan fingerprint density at radius 3 is 2.38 bits per heavy atom. The van der Waals surface area contributed by atoms with Gasteiger partial charge in [-0.2, -0.15) is 0 Å². The van der Waals surface area contributed by atoms with Gasteiger partial charge in [-0.1, -0.05) is 48.5 Å². The Balaban J connectivity index is 1.30. The summed E-state index contributed by atoms with van der Waals surface area (Å²) in [5.41, 5.74) is 3.98. The van der Waals surface area contributed by atoms with Gasteiger partial charge in [0.25, 0.3) is 0 Å². The second-order valence-electron chi connectivity index (χ2n) is 8.60. The Hall–Kier alpha value is -2.59. The topological polar surface area (TPSA) is 37.3 Å². The molecule has 1 aliphatic heterocycles. The minimum Gasteiger partial charge on any atom is -0.353 e. The molecule has 0 unspecified atom stereocenters. The van der Waals surface area contributed by atoms with Crippen LogP contribution in [0.25, 0.3) is 10.9 Å². The number of hydrogen-bond donors (Lipinski definition) is 1. The van der Waals surface area contributed by atoms with Crippen molar-refractivity contribution in [3.8, 4) is 0 Å². The molecule has 2 aliphatic rings. The van der Waals surface area contributed by atoms with Crippen LogP contribution in [-0.2, 0) is 17.9 Å². The third kappa shape index (κ3) is 4.23. The summed E-state index contributed by atoms with van der Waals surface area (Å²) >= 11 is 0.